The van der Waals surface area contributed by atoms with Crippen molar-refractivity contribution < 1.29 is 30.9 Å². The topological polar surface area (TPSA) is 17.1 Å². The van der Waals surface area contributed by atoms with Gasteiger partial charge in [-0.1, -0.05) is 30.3 Å². The van der Waals surface area contributed by atoms with Gasteiger partial charge in [0.2, 0.25) is 0 Å². The summed E-state index contributed by atoms with van der Waals surface area (Å²) < 4.78 is 93.0. The lowest BCUT2D eigenvalue weighted by Gasteiger charge is -2.16. The Morgan fingerprint density at radius 1 is 0.607 bits per heavy atom. The molecule has 1 heterocycles. The molecule has 0 radical (unpaired) electrons. The van der Waals surface area contributed by atoms with E-state index < -0.39 is 30.6 Å². The third kappa shape index (κ3) is 2.76. The van der Waals surface area contributed by atoms with E-state index in [-0.39, 0.29) is 21.7 Å². The highest BCUT2D eigenvalue weighted by Gasteiger charge is 2.43. The van der Waals surface area contributed by atoms with Crippen LogP contribution in [-0.4, -0.2) is 0 Å². The van der Waals surface area contributed by atoms with Gasteiger partial charge < -0.3 is 4.57 Å². The number of benzene rings is 3. The molecule has 0 atom stereocenters. The van der Waals surface area contributed by atoms with Gasteiger partial charge in [-0.15, -0.1) is 0 Å². The van der Waals surface area contributed by atoms with Gasteiger partial charge in [0.15, 0.2) is 7.14 Å². The molecule has 28 heavy (non-hydrogen) atoms. The van der Waals surface area contributed by atoms with E-state index in [0.717, 1.165) is 36.4 Å². The van der Waals surface area contributed by atoms with Gasteiger partial charge in [-0.25, -0.2) is 0 Å². The number of halogens is 6. The highest BCUT2D eigenvalue weighted by atomic mass is 31.2. The van der Waals surface area contributed by atoms with Crippen LogP contribution in [0.4, 0.5) is 26.3 Å². The van der Waals surface area contributed by atoms with Crippen LogP contribution in [0.2, 0.25) is 0 Å². The number of hydrogen-bond donors (Lipinski definition) is 0. The van der Waals surface area contributed by atoms with E-state index in [2.05, 4.69) is 0 Å². The fourth-order valence-electron chi connectivity index (χ4n) is 3.45. The molecule has 0 fully saturated rings. The quantitative estimate of drug-likeness (QED) is 0.305. The van der Waals surface area contributed by atoms with E-state index in [9.17, 15) is 30.9 Å². The highest BCUT2D eigenvalue weighted by molar-refractivity contribution is 7.86. The first-order valence-electron chi connectivity index (χ1n) is 8.12. The zero-order valence-electron chi connectivity index (χ0n) is 14.0. The summed E-state index contributed by atoms with van der Waals surface area (Å²) in [5.41, 5.74) is -2.17. The van der Waals surface area contributed by atoms with Gasteiger partial charge in [-0.2, -0.15) is 26.3 Å². The van der Waals surface area contributed by atoms with Crippen molar-refractivity contribution in [1.82, 2.24) is 0 Å². The van der Waals surface area contributed by atoms with Crippen molar-refractivity contribution in [3.63, 3.8) is 0 Å². The number of rotatable bonds is 1. The van der Waals surface area contributed by atoms with E-state index in [1.807, 2.05) is 0 Å². The summed E-state index contributed by atoms with van der Waals surface area (Å²) in [5, 5.41) is 0.580. The molecule has 0 saturated heterocycles. The maximum Gasteiger partial charge on any atom is 0.416 e. The molecule has 8 heteroatoms. The molecular formula is C20H11F6OP. The van der Waals surface area contributed by atoms with Crippen LogP contribution in [0, 0.1) is 0 Å². The lowest BCUT2D eigenvalue weighted by atomic mass is 10.0. The molecule has 0 aromatic heterocycles. The normalized spacial score (nSPS) is 15.2. The summed E-state index contributed by atoms with van der Waals surface area (Å²) in [4.78, 5) is 0. The first kappa shape index (κ1) is 18.8. The molecule has 0 spiro atoms. The Labute approximate surface area is 156 Å². The molecule has 0 unspecified atom stereocenters. The van der Waals surface area contributed by atoms with Crippen LogP contribution >= 0.6 is 7.14 Å². The van der Waals surface area contributed by atoms with Crippen LogP contribution in [0.3, 0.4) is 0 Å². The summed E-state index contributed by atoms with van der Waals surface area (Å²) in [6, 6.07) is 13.5. The number of fused-ring (bicyclic) bond motifs is 3. The smallest absolute Gasteiger partial charge is 0.309 e. The number of alkyl halides is 6. The summed E-state index contributed by atoms with van der Waals surface area (Å²) in [6.45, 7) is 0. The lowest BCUT2D eigenvalue weighted by Crippen LogP contribution is -2.21. The Morgan fingerprint density at radius 2 is 1.04 bits per heavy atom. The zero-order valence-corrected chi connectivity index (χ0v) is 14.9. The molecule has 1 nitrogen and oxygen atoms in total. The van der Waals surface area contributed by atoms with Crippen molar-refractivity contribution in [3.05, 3.63) is 77.9 Å². The molecule has 3 aromatic carbocycles. The molecule has 1 aliphatic heterocycles. The molecule has 4 rings (SSSR count). The van der Waals surface area contributed by atoms with Crippen molar-refractivity contribution in [2.45, 2.75) is 12.4 Å². The van der Waals surface area contributed by atoms with Crippen molar-refractivity contribution in [2.24, 2.45) is 0 Å². The average molecular weight is 412 g/mol. The predicted molar refractivity (Wildman–Crippen MR) is 94.8 cm³/mol. The van der Waals surface area contributed by atoms with Gasteiger partial charge in [0.1, 0.15) is 0 Å². The lowest BCUT2D eigenvalue weighted by molar-refractivity contribution is -0.138. The summed E-state index contributed by atoms with van der Waals surface area (Å²) in [5.74, 6) is 0. The minimum atomic E-state index is -4.67. The second-order valence-corrected chi connectivity index (χ2v) is 9.10. The van der Waals surface area contributed by atoms with Crippen molar-refractivity contribution in [2.75, 3.05) is 0 Å². The van der Waals surface area contributed by atoms with E-state index in [1.54, 1.807) is 30.3 Å². The number of hydrogen-bond acceptors (Lipinski definition) is 1. The Kier molecular flexibility index (Phi) is 4.02. The van der Waals surface area contributed by atoms with Crippen LogP contribution in [0.15, 0.2) is 66.7 Å². The van der Waals surface area contributed by atoms with Gasteiger partial charge in [0, 0.05) is 15.9 Å². The Bertz CT molecular complexity index is 1050. The monoisotopic (exact) mass is 412 g/mol. The fraction of sp³-hybridized carbons (Fsp3) is 0.100. The second kappa shape index (κ2) is 5.98. The predicted octanol–water partition coefficient (Wildman–Crippen LogP) is 5.34. The first-order valence-corrected chi connectivity index (χ1v) is 9.83. The minimum Gasteiger partial charge on any atom is -0.309 e. The Balaban J connectivity index is 2.06. The molecule has 0 N–H and O–H groups in total. The van der Waals surface area contributed by atoms with E-state index in [0.29, 0.717) is 5.30 Å². The maximum atomic E-state index is 14.0. The summed E-state index contributed by atoms with van der Waals surface area (Å²) >= 11 is 0. The molecule has 1 aliphatic rings. The molecule has 3 aromatic rings. The van der Waals surface area contributed by atoms with Gasteiger partial charge >= 0.3 is 12.4 Å². The third-order valence-corrected chi connectivity index (χ3v) is 7.90. The molecule has 0 aliphatic carbocycles. The van der Waals surface area contributed by atoms with Crippen molar-refractivity contribution >= 4 is 23.1 Å². The zero-order chi connectivity index (χ0) is 20.3. The second-order valence-electron chi connectivity index (χ2n) is 6.40. The average Bonchev–Trinajstić information content (AvgIpc) is 2.90. The van der Waals surface area contributed by atoms with Crippen molar-refractivity contribution in [1.29, 1.82) is 0 Å². The Morgan fingerprint density at radius 3 is 1.43 bits per heavy atom. The minimum absolute atomic E-state index is 0.0805. The van der Waals surface area contributed by atoms with E-state index in [1.165, 1.54) is 0 Å². The van der Waals surface area contributed by atoms with Crippen LogP contribution in [-0.2, 0) is 16.9 Å². The first-order chi connectivity index (χ1) is 13.0. The molecule has 0 amide bonds. The molecular weight excluding hydrogens is 401 g/mol. The maximum absolute atomic E-state index is 14.0. The third-order valence-electron chi connectivity index (χ3n) is 4.74. The highest BCUT2D eigenvalue weighted by Crippen LogP contribution is 2.53. The molecule has 0 bridgehead atoms. The van der Waals surface area contributed by atoms with E-state index >= 15 is 0 Å². The fourth-order valence-corrected chi connectivity index (χ4v) is 6.48. The van der Waals surface area contributed by atoms with Crippen LogP contribution < -0.4 is 15.9 Å². The SMILES string of the molecule is O=P1(c2ccccc2)c2ccc(C(F)(F)F)cc2-c2cc(C(F)(F)F)ccc21. The standard InChI is InChI=1S/C20H11F6OP/c21-19(22,23)12-6-8-17-15(10-12)16-11-13(20(24,25)26)7-9-18(16)28(17,27)14-4-2-1-3-5-14/h1-11H. The van der Waals surface area contributed by atoms with Crippen molar-refractivity contribution in [3.8, 4) is 11.1 Å². The largest absolute Gasteiger partial charge is 0.416 e. The van der Waals surface area contributed by atoms with Gasteiger partial charge in [-0.3, -0.25) is 0 Å². The van der Waals surface area contributed by atoms with E-state index in [4.69, 9.17) is 0 Å². The van der Waals surface area contributed by atoms with Crippen LogP contribution in [0.1, 0.15) is 11.1 Å². The summed E-state index contributed by atoms with van der Waals surface area (Å²) in [6.07, 6.45) is -9.34. The molecule has 144 valence electrons. The van der Waals surface area contributed by atoms with Crippen LogP contribution in [0.5, 0.6) is 0 Å². The summed E-state index contributed by atoms with van der Waals surface area (Å²) in [7, 11) is -3.58. The van der Waals surface area contributed by atoms with Gasteiger partial charge in [0.25, 0.3) is 0 Å². The van der Waals surface area contributed by atoms with Gasteiger partial charge in [0.05, 0.1) is 11.1 Å². The Hall–Kier alpha value is -2.53. The van der Waals surface area contributed by atoms with Crippen LogP contribution in [0.25, 0.3) is 11.1 Å². The molecule has 0 saturated carbocycles. The van der Waals surface area contributed by atoms with Gasteiger partial charge in [-0.05, 0) is 47.5 Å².